The molecule has 0 amide bonds. The van der Waals surface area contributed by atoms with Gasteiger partial charge in [0.15, 0.2) is 0 Å². The summed E-state index contributed by atoms with van der Waals surface area (Å²) in [6.07, 6.45) is 7.46. The van der Waals surface area contributed by atoms with Crippen LogP contribution in [0.2, 0.25) is 0 Å². The zero-order chi connectivity index (χ0) is 41.7. The molecule has 5 N–H and O–H groups in total. The summed E-state index contributed by atoms with van der Waals surface area (Å²) in [4.78, 5) is 61.9. The highest BCUT2D eigenvalue weighted by Crippen LogP contribution is 2.47. The van der Waals surface area contributed by atoms with Crippen molar-refractivity contribution >= 4 is 82.7 Å². The number of rotatable bonds is 8. The Balaban J connectivity index is 0.00000514. The fourth-order valence-electron chi connectivity index (χ4n) is 7.51. The molecule has 0 spiro atoms. The summed E-state index contributed by atoms with van der Waals surface area (Å²) >= 11 is 0. The van der Waals surface area contributed by atoms with Gasteiger partial charge in [-0.2, -0.15) is 0 Å². The molecule has 7 aromatic rings. The number of aromatic nitrogens is 4. The Bertz CT molecular complexity index is 3180. The average Bonchev–Trinajstić information content (AvgIpc) is 4.06. The van der Waals surface area contributed by atoms with Gasteiger partial charge in [0.1, 0.15) is 0 Å². The van der Waals surface area contributed by atoms with Crippen molar-refractivity contribution in [3.8, 4) is 39.1 Å². The number of aromatic carboxylic acids is 4. The van der Waals surface area contributed by atoms with E-state index in [0.29, 0.717) is 72.9 Å². The molecule has 0 saturated heterocycles. The number of H-pyrrole nitrogens is 1. The number of benzene rings is 4. The van der Waals surface area contributed by atoms with E-state index in [1.54, 1.807) is 48.5 Å². The first-order valence-corrected chi connectivity index (χ1v) is 18.5. The molecule has 2 aliphatic heterocycles. The van der Waals surface area contributed by atoms with Crippen LogP contribution in [0.15, 0.2) is 127 Å². The second-order valence-corrected chi connectivity index (χ2v) is 14.0. The number of halogens is 1. The monoisotopic (exact) mass is 826 g/mol. The number of nitrogens with one attached hydrogen (secondary N) is 1. The number of fused-ring (bicyclic) bond motifs is 8. The molecule has 0 saturated carbocycles. The van der Waals surface area contributed by atoms with Gasteiger partial charge in [-0.1, -0.05) is 36.4 Å². The van der Waals surface area contributed by atoms with Crippen LogP contribution in [-0.4, -0.2) is 63.8 Å². The zero-order valence-electron chi connectivity index (χ0n) is 31.6. The first-order valence-electron chi connectivity index (χ1n) is 18.5. The number of hydrogen-bond donors (Lipinski definition) is 5. The molecule has 9 rings (SSSR count). The summed E-state index contributed by atoms with van der Waals surface area (Å²) in [6.45, 7) is 0. The number of carboxylic acids is 4. The Morgan fingerprint density at radius 3 is 1.31 bits per heavy atom. The molecule has 0 aliphatic carbocycles. The van der Waals surface area contributed by atoms with Crippen molar-refractivity contribution in [2.75, 3.05) is 0 Å². The van der Waals surface area contributed by atoms with Gasteiger partial charge in [-0.25, -0.2) is 29.1 Å². The van der Waals surface area contributed by atoms with E-state index in [1.165, 1.54) is 48.5 Å². The third-order valence-corrected chi connectivity index (χ3v) is 10.3. The van der Waals surface area contributed by atoms with E-state index in [9.17, 15) is 39.6 Å². The predicted octanol–water partition coefficient (Wildman–Crippen LogP) is 10.3. The molecule has 0 radical (unpaired) electrons. The highest BCUT2D eigenvalue weighted by atomic mass is 35.5. The maximum absolute atomic E-state index is 12.1. The predicted molar refractivity (Wildman–Crippen MR) is 235 cm³/mol. The maximum atomic E-state index is 12.1. The molecule has 298 valence electrons. The molecule has 0 fully saturated rings. The van der Waals surface area contributed by atoms with Crippen LogP contribution in [0.1, 0.15) is 64.2 Å². The van der Waals surface area contributed by atoms with Gasteiger partial charge in [0.05, 0.1) is 56.1 Å². The summed E-state index contributed by atoms with van der Waals surface area (Å²) in [5.41, 5.74) is 9.34. The molecule has 0 unspecified atom stereocenters. The summed E-state index contributed by atoms with van der Waals surface area (Å²) in [7, 11) is 0. The highest BCUT2D eigenvalue weighted by Gasteiger charge is 2.26. The average molecular weight is 827 g/mol. The van der Waals surface area contributed by atoms with E-state index in [2.05, 4.69) is 4.98 Å². The lowest BCUT2D eigenvalue weighted by Crippen LogP contribution is -2.00. The molecule has 2 aliphatic rings. The van der Waals surface area contributed by atoms with Gasteiger partial charge in [0.25, 0.3) is 0 Å². The number of aromatic amines is 1. The number of carboxylic acid groups (broad SMARTS) is 4. The van der Waals surface area contributed by atoms with E-state index in [-0.39, 0.29) is 34.7 Å². The van der Waals surface area contributed by atoms with Crippen molar-refractivity contribution in [3.63, 3.8) is 0 Å². The van der Waals surface area contributed by atoms with Crippen molar-refractivity contribution < 1.29 is 39.6 Å². The lowest BCUT2D eigenvalue weighted by molar-refractivity contribution is 0.0686. The van der Waals surface area contributed by atoms with Gasteiger partial charge in [0, 0.05) is 33.4 Å². The Morgan fingerprint density at radius 1 is 0.443 bits per heavy atom. The summed E-state index contributed by atoms with van der Waals surface area (Å²) in [5.74, 6) is -4.45. The fourth-order valence-corrected chi connectivity index (χ4v) is 7.51. The van der Waals surface area contributed by atoms with Crippen LogP contribution in [0.25, 0.3) is 85.4 Å². The normalized spacial score (nSPS) is 11.5. The van der Waals surface area contributed by atoms with Gasteiger partial charge < -0.3 is 30.0 Å². The molecule has 4 aromatic carbocycles. The molecule has 12 nitrogen and oxygen atoms in total. The minimum atomic E-state index is -1.12. The Kier molecular flexibility index (Phi) is 10.2. The van der Waals surface area contributed by atoms with E-state index in [0.717, 1.165) is 11.0 Å². The minimum Gasteiger partial charge on any atom is -0.478 e. The number of hydrogen-bond acceptors (Lipinski definition) is 6. The van der Waals surface area contributed by atoms with E-state index in [1.807, 2.05) is 59.2 Å². The summed E-state index contributed by atoms with van der Waals surface area (Å²) < 4.78 is 1.95. The van der Waals surface area contributed by atoms with Crippen LogP contribution in [0.4, 0.5) is 0 Å². The minimum absolute atomic E-state index is 0. The second kappa shape index (κ2) is 15.8. The smallest absolute Gasteiger partial charge is 0.335 e. The SMILES string of the molecule is Cl.O=C(O)c1ccc(-c2c(-c3ccc(C(=O)O)cc3)c3c(-c4ccc(C(=O)O)cc4)c4nc(cc5ccc(cc6nc(cc2n3-c2ccc(C(=O)O)cc2)C=C6)[nH]5)C=C4)cc1. The molecule has 8 bridgehead atoms. The number of carbonyl (C=O) groups is 4. The van der Waals surface area contributed by atoms with Crippen LogP contribution in [0.5, 0.6) is 0 Å². The Labute approximate surface area is 352 Å². The van der Waals surface area contributed by atoms with Crippen LogP contribution in [0.3, 0.4) is 0 Å². The second-order valence-electron chi connectivity index (χ2n) is 14.0. The van der Waals surface area contributed by atoms with E-state index in [4.69, 9.17) is 9.97 Å². The summed E-state index contributed by atoms with van der Waals surface area (Å²) in [5, 5.41) is 39.6. The molecule has 13 heteroatoms. The topological polar surface area (TPSA) is 196 Å². The number of nitrogens with zero attached hydrogens (tertiary/aromatic N) is 3. The van der Waals surface area contributed by atoms with Gasteiger partial charge in [0.2, 0.25) is 0 Å². The van der Waals surface area contributed by atoms with Crippen molar-refractivity contribution in [2.24, 2.45) is 0 Å². The third-order valence-electron chi connectivity index (χ3n) is 10.3. The largest absolute Gasteiger partial charge is 0.478 e. The van der Waals surface area contributed by atoms with Crippen LogP contribution >= 0.6 is 12.4 Å². The lowest BCUT2D eigenvalue weighted by atomic mass is 9.92. The van der Waals surface area contributed by atoms with Gasteiger partial charge in [-0.3, -0.25) is 0 Å². The molecular weight excluding hydrogens is 796 g/mol. The first kappa shape index (κ1) is 39.5. The van der Waals surface area contributed by atoms with E-state index < -0.39 is 23.9 Å². The van der Waals surface area contributed by atoms with Crippen molar-refractivity contribution in [3.05, 3.63) is 172 Å². The fraction of sp³-hybridized carbons (Fsp3) is 0. The zero-order valence-corrected chi connectivity index (χ0v) is 32.4. The highest BCUT2D eigenvalue weighted by molar-refractivity contribution is 6.11. The summed E-state index contributed by atoms with van der Waals surface area (Å²) in [6, 6.07) is 35.1. The standard InChI is InChI=1S/C48H30N4O8.ClH/c53-45(54)29-7-1-26(2-8-29)41-39-22-19-36(51-39)24-35-16-15-33(49-35)23-34-17-18-37(50-34)25-40-42(27-3-9-30(10-4-27)46(55)56)43(28-5-11-31(12-6-28)47(57)58)44(41)52(40)38-20-13-32(14-21-38)48(59)60;/h1-25,49H,(H,53,54)(H,55,56)(H,57,58)(H,59,60);1H. The van der Waals surface area contributed by atoms with Crippen molar-refractivity contribution in [2.45, 2.75) is 0 Å². The van der Waals surface area contributed by atoms with Gasteiger partial charge in [-0.15, -0.1) is 12.4 Å². The molecular formula is C48H31ClN4O8. The Morgan fingerprint density at radius 2 is 0.836 bits per heavy atom. The molecule has 5 heterocycles. The van der Waals surface area contributed by atoms with Crippen molar-refractivity contribution in [1.29, 1.82) is 0 Å². The Hall–Kier alpha value is -8.35. The molecule has 61 heavy (non-hydrogen) atoms. The van der Waals surface area contributed by atoms with Gasteiger partial charge >= 0.3 is 23.9 Å². The third kappa shape index (κ3) is 7.46. The quantitative estimate of drug-likeness (QED) is 0.0983. The van der Waals surface area contributed by atoms with Crippen molar-refractivity contribution in [1.82, 2.24) is 19.5 Å². The van der Waals surface area contributed by atoms with Crippen LogP contribution in [0, 0.1) is 0 Å². The van der Waals surface area contributed by atoms with Crippen LogP contribution < -0.4 is 0 Å². The molecule has 0 atom stereocenters. The molecule has 3 aromatic heterocycles. The van der Waals surface area contributed by atoms with Gasteiger partial charge in [-0.05, 0) is 132 Å². The lowest BCUT2D eigenvalue weighted by Gasteiger charge is -2.14. The van der Waals surface area contributed by atoms with E-state index >= 15 is 0 Å². The first-order chi connectivity index (χ1) is 29.0. The maximum Gasteiger partial charge on any atom is 0.335 e. The van der Waals surface area contributed by atoms with Crippen LogP contribution in [-0.2, 0) is 0 Å².